The van der Waals surface area contributed by atoms with Gasteiger partial charge in [0.25, 0.3) is 0 Å². The molecule has 0 aliphatic heterocycles. The first-order valence-electron chi connectivity index (χ1n) is 6.00. The molecule has 1 aromatic rings. The van der Waals surface area contributed by atoms with Crippen LogP contribution < -0.4 is 5.73 Å². The quantitative estimate of drug-likeness (QED) is 0.852. The lowest BCUT2D eigenvalue weighted by molar-refractivity contribution is 0.0435. The van der Waals surface area contributed by atoms with E-state index in [0.29, 0.717) is 12.7 Å². The van der Waals surface area contributed by atoms with E-state index in [0.717, 1.165) is 22.5 Å². The Morgan fingerprint density at radius 2 is 2.06 bits per heavy atom. The highest BCUT2D eigenvalue weighted by Crippen LogP contribution is 2.23. The zero-order valence-electron chi connectivity index (χ0n) is 10.1. The van der Waals surface area contributed by atoms with Crippen molar-refractivity contribution in [3.8, 4) is 0 Å². The Bertz CT molecular complexity index is 370. The van der Waals surface area contributed by atoms with Crippen LogP contribution in [0.1, 0.15) is 42.5 Å². The molecule has 1 saturated carbocycles. The number of aromatic nitrogens is 1. The van der Waals surface area contributed by atoms with Crippen LogP contribution in [0, 0.1) is 13.8 Å². The molecule has 88 valence electrons. The molecule has 3 nitrogen and oxygen atoms in total. The maximum absolute atomic E-state index is 5.97. The van der Waals surface area contributed by atoms with Gasteiger partial charge in [-0.25, -0.2) is 0 Å². The fourth-order valence-electron chi connectivity index (χ4n) is 2.19. The van der Waals surface area contributed by atoms with E-state index in [4.69, 9.17) is 10.5 Å². The number of nitrogens with two attached hydrogens (primary N) is 1. The van der Waals surface area contributed by atoms with Crippen LogP contribution in [-0.4, -0.2) is 11.1 Å². The molecular formula is C13H20N2O. The van der Waals surface area contributed by atoms with Gasteiger partial charge in [-0.1, -0.05) is 12.8 Å². The Hall–Kier alpha value is -1.09. The third kappa shape index (κ3) is 2.35. The lowest BCUT2D eigenvalue weighted by atomic mass is 10.1. The molecule has 16 heavy (non-hydrogen) atoms. The van der Waals surface area contributed by atoms with Crippen molar-refractivity contribution < 1.29 is 4.74 Å². The topological polar surface area (TPSA) is 48.1 Å². The molecule has 1 aromatic heterocycles. The molecule has 0 radical (unpaired) electrons. The van der Waals surface area contributed by atoms with Gasteiger partial charge in [-0.15, -0.1) is 0 Å². The SMILES string of the molecule is Cc1cnc(COC2CCCC2)c(C)c1N. The predicted octanol–water partition coefficient (Wildman–Crippen LogP) is 2.74. The van der Waals surface area contributed by atoms with E-state index >= 15 is 0 Å². The molecule has 0 spiro atoms. The van der Waals surface area contributed by atoms with Gasteiger partial charge in [-0.2, -0.15) is 0 Å². The molecule has 1 aliphatic carbocycles. The number of ether oxygens (including phenoxy) is 1. The molecule has 2 rings (SSSR count). The molecule has 1 aliphatic rings. The lowest BCUT2D eigenvalue weighted by Crippen LogP contribution is -2.10. The van der Waals surface area contributed by atoms with E-state index in [1.807, 2.05) is 20.0 Å². The van der Waals surface area contributed by atoms with Crippen LogP contribution in [0.5, 0.6) is 0 Å². The molecular weight excluding hydrogens is 200 g/mol. The number of aryl methyl sites for hydroxylation is 1. The van der Waals surface area contributed by atoms with Crippen molar-refractivity contribution >= 4 is 5.69 Å². The maximum Gasteiger partial charge on any atom is 0.0895 e. The molecule has 0 unspecified atom stereocenters. The Kier molecular flexibility index (Phi) is 3.44. The normalized spacial score (nSPS) is 16.9. The molecule has 0 aromatic carbocycles. The Morgan fingerprint density at radius 3 is 2.75 bits per heavy atom. The number of nitrogen functional groups attached to an aromatic ring is 1. The molecule has 1 heterocycles. The van der Waals surface area contributed by atoms with E-state index in [2.05, 4.69) is 4.98 Å². The summed E-state index contributed by atoms with van der Waals surface area (Å²) in [5, 5.41) is 0. The van der Waals surface area contributed by atoms with Gasteiger partial charge in [0.1, 0.15) is 0 Å². The molecule has 0 saturated heterocycles. The van der Waals surface area contributed by atoms with E-state index in [-0.39, 0.29) is 0 Å². The maximum atomic E-state index is 5.97. The highest BCUT2D eigenvalue weighted by Gasteiger charge is 2.16. The summed E-state index contributed by atoms with van der Waals surface area (Å²) < 4.78 is 5.85. The van der Waals surface area contributed by atoms with Crippen molar-refractivity contribution in [1.29, 1.82) is 0 Å². The van der Waals surface area contributed by atoms with Crippen LogP contribution in [0.4, 0.5) is 5.69 Å². The summed E-state index contributed by atoms with van der Waals surface area (Å²) in [6, 6.07) is 0. The van der Waals surface area contributed by atoms with Crippen molar-refractivity contribution in [3.05, 3.63) is 23.0 Å². The second-order valence-electron chi connectivity index (χ2n) is 4.64. The van der Waals surface area contributed by atoms with E-state index < -0.39 is 0 Å². The second-order valence-corrected chi connectivity index (χ2v) is 4.64. The molecule has 2 N–H and O–H groups in total. The summed E-state index contributed by atoms with van der Waals surface area (Å²) in [4.78, 5) is 4.39. The summed E-state index contributed by atoms with van der Waals surface area (Å²) in [5.74, 6) is 0. The van der Waals surface area contributed by atoms with Crippen LogP contribution in [0.15, 0.2) is 6.20 Å². The van der Waals surface area contributed by atoms with Crippen molar-refractivity contribution in [2.75, 3.05) is 5.73 Å². The largest absolute Gasteiger partial charge is 0.398 e. The third-order valence-electron chi connectivity index (χ3n) is 3.43. The van der Waals surface area contributed by atoms with Crippen LogP contribution >= 0.6 is 0 Å². The van der Waals surface area contributed by atoms with Crippen LogP contribution in [0.25, 0.3) is 0 Å². The van der Waals surface area contributed by atoms with Crippen molar-refractivity contribution in [2.45, 2.75) is 52.2 Å². The van der Waals surface area contributed by atoms with Gasteiger partial charge in [0, 0.05) is 11.9 Å². The Balaban J connectivity index is 2.01. The van der Waals surface area contributed by atoms with Gasteiger partial charge in [0.05, 0.1) is 18.4 Å². The van der Waals surface area contributed by atoms with E-state index in [9.17, 15) is 0 Å². The average Bonchev–Trinajstić information content (AvgIpc) is 2.78. The minimum absolute atomic E-state index is 0.434. The first-order valence-corrected chi connectivity index (χ1v) is 6.00. The fraction of sp³-hybridized carbons (Fsp3) is 0.615. The third-order valence-corrected chi connectivity index (χ3v) is 3.43. The number of anilines is 1. The summed E-state index contributed by atoms with van der Waals surface area (Å²) in [7, 11) is 0. The Morgan fingerprint density at radius 1 is 1.38 bits per heavy atom. The van der Waals surface area contributed by atoms with Crippen molar-refractivity contribution in [2.24, 2.45) is 0 Å². The first kappa shape index (κ1) is 11.4. The summed E-state index contributed by atoms with van der Waals surface area (Å²) >= 11 is 0. The minimum Gasteiger partial charge on any atom is -0.398 e. The minimum atomic E-state index is 0.434. The number of rotatable bonds is 3. The monoisotopic (exact) mass is 220 g/mol. The average molecular weight is 220 g/mol. The molecule has 0 atom stereocenters. The number of hydrogen-bond acceptors (Lipinski definition) is 3. The highest BCUT2D eigenvalue weighted by molar-refractivity contribution is 5.53. The molecule has 1 fully saturated rings. The lowest BCUT2D eigenvalue weighted by Gasteiger charge is -2.13. The molecule has 3 heteroatoms. The van der Waals surface area contributed by atoms with Gasteiger partial charge >= 0.3 is 0 Å². The fourth-order valence-corrected chi connectivity index (χ4v) is 2.19. The van der Waals surface area contributed by atoms with Crippen LogP contribution in [-0.2, 0) is 11.3 Å². The molecule has 0 bridgehead atoms. The summed E-state index contributed by atoms with van der Waals surface area (Å²) in [6.07, 6.45) is 7.25. The smallest absolute Gasteiger partial charge is 0.0895 e. The first-order chi connectivity index (χ1) is 7.68. The van der Waals surface area contributed by atoms with Crippen LogP contribution in [0.3, 0.4) is 0 Å². The summed E-state index contributed by atoms with van der Waals surface area (Å²) in [5.41, 5.74) is 9.91. The van der Waals surface area contributed by atoms with Gasteiger partial charge in [0.2, 0.25) is 0 Å². The van der Waals surface area contributed by atoms with Gasteiger partial charge in [0.15, 0.2) is 0 Å². The van der Waals surface area contributed by atoms with Crippen LogP contribution in [0.2, 0.25) is 0 Å². The van der Waals surface area contributed by atoms with Crippen molar-refractivity contribution in [1.82, 2.24) is 4.98 Å². The van der Waals surface area contributed by atoms with E-state index in [1.165, 1.54) is 25.7 Å². The predicted molar refractivity (Wildman–Crippen MR) is 65.2 cm³/mol. The van der Waals surface area contributed by atoms with Gasteiger partial charge in [-0.3, -0.25) is 4.98 Å². The number of nitrogens with zero attached hydrogens (tertiary/aromatic N) is 1. The Labute approximate surface area is 97.0 Å². The standard InChI is InChI=1S/C13H20N2O/c1-9-7-15-12(10(2)13(9)14)8-16-11-5-3-4-6-11/h7,11H,3-6,8H2,1-2H3,(H2,14,15). The highest BCUT2D eigenvalue weighted by atomic mass is 16.5. The zero-order chi connectivity index (χ0) is 11.5. The second kappa shape index (κ2) is 4.83. The van der Waals surface area contributed by atoms with Gasteiger partial charge < -0.3 is 10.5 Å². The van der Waals surface area contributed by atoms with Gasteiger partial charge in [-0.05, 0) is 37.8 Å². The number of pyridine rings is 1. The summed E-state index contributed by atoms with van der Waals surface area (Å²) in [6.45, 7) is 4.60. The molecule has 0 amide bonds. The zero-order valence-corrected chi connectivity index (χ0v) is 10.1. The number of hydrogen-bond donors (Lipinski definition) is 1. The van der Waals surface area contributed by atoms with E-state index in [1.54, 1.807) is 0 Å². The van der Waals surface area contributed by atoms with Crippen molar-refractivity contribution in [3.63, 3.8) is 0 Å².